The molecule has 40 heavy (non-hydrogen) atoms. The van der Waals surface area contributed by atoms with E-state index in [2.05, 4.69) is 105 Å². The number of pyridine rings is 1. The van der Waals surface area contributed by atoms with Crippen molar-refractivity contribution in [2.45, 2.75) is 51.7 Å². The van der Waals surface area contributed by atoms with E-state index in [-0.39, 0.29) is 0 Å². The predicted octanol–water partition coefficient (Wildman–Crippen LogP) is 7.84. The van der Waals surface area contributed by atoms with Crippen molar-refractivity contribution < 1.29 is 13.7 Å². The van der Waals surface area contributed by atoms with Crippen LogP contribution in [0.25, 0.3) is 38.8 Å². The van der Waals surface area contributed by atoms with Crippen LogP contribution >= 0.6 is 0 Å². The highest BCUT2D eigenvalue weighted by molar-refractivity contribution is 6.62. The highest BCUT2D eigenvalue weighted by Crippen LogP contribution is 2.42. The SMILES string of the molecule is CC1(C)OB(c2cc(C3=CCCc4c3oc3c(-c5ccccc5)cccc43)cc(-c3cccnc3)c2)OC1(C)C. The number of aromatic nitrogens is 1. The molecule has 0 unspecified atom stereocenters. The highest BCUT2D eigenvalue weighted by atomic mass is 16.7. The van der Waals surface area contributed by atoms with Crippen LogP contribution in [0.5, 0.6) is 0 Å². The van der Waals surface area contributed by atoms with Crippen molar-refractivity contribution in [3.63, 3.8) is 0 Å². The maximum Gasteiger partial charge on any atom is 0.494 e. The topological polar surface area (TPSA) is 44.5 Å². The van der Waals surface area contributed by atoms with Crippen LogP contribution in [0.15, 0.2) is 102 Å². The maximum absolute atomic E-state index is 6.78. The first kappa shape index (κ1) is 25.1. The molecule has 0 N–H and O–H groups in total. The fourth-order valence-corrected chi connectivity index (χ4v) is 5.81. The molecule has 1 fully saturated rings. The Balaban J connectivity index is 1.39. The molecular formula is C35H32BNO3. The minimum atomic E-state index is -0.468. The third-order valence-corrected chi connectivity index (χ3v) is 8.68. The van der Waals surface area contributed by atoms with Crippen molar-refractivity contribution in [2.75, 3.05) is 0 Å². The lowest BCUT2D eigenvalue weighted by Gasteiger charge is -2.32. The lowest BCUT2D eigenvalue weighted by Crippen LogP contribution is -2.41. The summed E-state index contributed by atoms with van der Waals surface area (Å²) in [5.74, 6) is 0.952. The molecule has 3 aromatic carbocycles. The van der Waals surface area contributed by atoms with Gasteiger partial charge in [-0.15, -0.1) is 0 Å². The van der Waals surface area contributed by atoms with Crippen LogP contribution in [-0.2, 0) is 15.7 Å². The normalized spacial score (nSPS) is 17.6. The quantitative estimate of drug-likeness (QED) is 0.224. The summed E-state index contributed by atoms with van der Waals surface area (Å²) in [5, 5.41) is 1.19. The zero-order chi connectivity index (χ0) is 27.5. The summed E-state index contributed by atoms with van der Waals surface area (Å²) >= 11 is 0. The highest BCUT2D eigenvalue weighted by Gasteiger charge is 2.51. The van der Waals surface area contributed by atoms with E-state index in [1.165, 1.54) is 10.9 Å². The Bertz CT molecular complexity index is 1740. The van der Waals surface area contributed by atoms with Gasteiger partial charge in [0, 0.05) is 34.5 Å². The van der Waals surface area contributed by atoms with Gasteiger partial charge in [-0.05, 0) is 80.4 Å². The zero-order valence-electron chi connectivity index (χ0n) is 23.4. The maximum atomic E-state index is 6.78. The smallest absolute Gasteiger partial charge is 0.455 e. The summed E-state index contributed by atoms with van der Waals surface area (Å²) < 4.78 is 19.7. The number of nitrogens with zero attached hydrogens (tertiary/aromatic N) is 1. The summed E-state index contributed by atoms with van der Waals surface area (Å²) in [6.45, 7) is 8.36. The average molecular weight is 525 g/mol. The van der Waals surface area contributed by atoms with Gasteiger partial charge in [0.15, 0.2) is 0 Å². The Kier molecular flexibility index (Phi) is 5.85. The number of aryl methyl sites for hydroxylation is 1. The van der Waals surface area contributed by atoms with Crippen LogP contribution in [0.3, 0.4) is 0 Å². The molecule has 0 radical (unpaired) electrons. The molecule has 5 aromatic rings. The molecule has 5 heteroatoms. The molecule has 0 saturated carbocycles. The number of rotatable bonds is 4. The number of hydrogen-bond acceptors (Lipinski definition) is 4. The largest absolute Gasteiger partial charge is 0.494 e. The fraction of sp³-hybridized carbons (Fsp3) is 0.229. The van der Waals surface area contributed by atoms with Gasteiger partial charge in [-0.3, -0.25) is 4.98 Å². The van der Waals surface area contributed by atoms with Gasteiger partial charge < -0.3 is 13.7 Å². The number of benzene rings is 3. The first-order chi connectivity index (χ1) is 19.3. The number of fused-ring (bicyclic) bond motifs is 3. The van der Waals surface area contributed by atoms with E-state index >= 15 is 0 Å². The van der Waals surface area contributed by atoms with Crippen molar-refractivity contribution in [3.8, 4) is 22.3 Å². The van der Waals surface area contributed by atoms with Crippen molar-refractivity contribution >= 4 is 29.1 Å². The lowest BCUT2D eigenvalue weighted by atomic mass is 9.75. The molecule has 1 aliphatic carbocycles. The second-order valence-electron chi connectivity index (χ2n) is 11.8. The molecule has 3 heterocycles. The van der Waals surface area contributed by atoms with E-state index in [1.807, 2.05) is 18.3 Å². The molecule has 2 aliphatic rings. The van der Waals surface area contributed by atoms with E-state index in [0.717, 1.165) is 63.0 Å². The van der Waals surface area contributed by atoms with Gasteiger partial charge in [0.2, 0.25) is 0 Å². The van der Waals surface area contributed by atoms with Crippen LogP contribution in [0.4, 0.5) is 0 Å². The van der Waals surface area contributed by atoms with Crippen LogP contribution in [-0.4, -0.2) is 23.3 Å². The second kappa shape index (κ2) is 9.33. The minimum Gasteiger partial charge on any atom is -0.455 e. The Hall–Kier alpha value is -3.93. The van der Waals surface area contributed by atoms with Gasteiger partial charge in [-0.1, -0.05) is 72.8 Å². The Morgan fingerprint density at radius 1 is 0.750 bits per heavy atom. The average Bonchev–Trinajstić information content (AvgIpc) is 3.46. The number of para-hydroxylation sites is 1. The van der Waals surface area contributed by atoms with Gasteiger partial charge in [0.25, 0.3) is 0 Å². The van der Waals surface area contributed by atoms with Crippen molar-refractivity contribution in [2.24, 2.45) is 0 Å². The standard InChI is InChI=1S/C35H32BNO3/c1-34(2)35(3,4)40-36(39-34)27-20-25(24-13-10-18-37-22-24)19-26(21-27)29-15-9-17-31-30-16-8-14-28(32(30)38-33(29)31)23-11-6-5-7-12-23/h5-8,10-16,18-22H,9,17H2,1-4H3. The molecule has 198 valence electrons. The summed E-state index contributed by atoms with van der Waals surface area (Å²) in [6.07, 6.45) is 7.92. The van der Waals surface area contributed by atoms with E-state index in [0.29, 0.717) is 0 Å². The molecule has 0 spiro atoms. The van der Waals surface area contributed by atoms with Gasteiger partial charge in [-0.2, -0.15) is 0 Å². The van der Waals surface area contributed by atoms with Crippen molar-refractivity contribution in [3.05, 3.63) is 114 Å². The zero-order valence-corrected chi connectivity index (χ0v) is 23.4. The first-order valence-corrected chi connectivity index (χ1v) is 14.0. The van der Waals surface area contributed by atoms with Crippen LogP contribution in [0, 0.1) is 0 Å². The van der Waals surface area contributed by atoms with Crippen molar-refractivity contribution in [1.29, 1.82) is 0 Å². The molecule has 7 rings (SSSR count). The molecule has 2 aromatic heterocycles. The molecule has 0 bridgehead atoms. The summed E-state index contributed by atoms with van der Waals surface area (Å²) in [4.78, 5) is 4.38. The molecule has 0 atom stereocenters. The third kappa shape index (κ3) is 4.12. The number of allylic oxidation sites excluding steroid dienone is 1. The second-order valence-corrected chi connectivity index (χ2v) is 11.8. The summed E-state index contributed by atoms with van der Waals surface area (Å²) in [6, 6.07) is 27.6. The molecule has 1 saturated heterocycles. The lowest BCUT2D eigenvalue weighted by molar-refractivity contribution is 0.00578. The number of furan rings is 1. The van der Waals surface area contributed by atoms with E-state index < -0.39 is 18.3 Å². The van der Waals surface area contributed by atoms with Gasteiger partial charge >= 0.3 is 7.12 Å². The Morgan fingerprint density at radius 2 is 1.50 bits per heavy atom. The third-order valence-electron chi connectivity index (χ3n) is 8.68. The molecule has 0 amide bonds. The molecule has 4 nitrogen and oxygen atoms in total. The Morgan fingerprint density at radius 3 is 2.25 bits per heavy atom. The Labute approximate surface area is 235 Å². The fourth-order valence-electron chi connectivity index (χ4n) is 5.81. The summed E-state index contributed by atoms with van der Waals surface area (Å²) in [7, 11) is -0.468. The molecule has 1 aliphatic heterocycles. The van der Waals surface area contributed by atoms with E-state index in [4.69, 9.17) is 13.7 Å². The monoisotopic (exact) mass is 525 g/mol. The summed E-state index contributed by atoms with van der Waals surface area (Å²) in [5.41, 5.74) is 8.96. The van der Waals surface area contributed by atoms with E-state index in [1.54, 1.807) is 6.20 Å². The van der Waals surface area contributed by atoms with Crippen molar-refractivity contribution in [1.82, 2.24) is 4.98 Å². The number of hydrogen-bond donors (Lipinski definition) is 0. The predicted molar refractivity (Wildman–Crippen MR) is 162 cm³/mol. The van der Waals surface area contributed by atoms with E-state index in [9.17, 15) is 0 Å². The van der Waals surface area contributed by atoms with Crippen LogP contribution in [0.1, 0.15) is 51.0 Å². The van der Waals surface area contributed by atoms with Gasteiger partial charge in [-0.25, -0.2) is 0 Å². The van der Waals surface area contributed by atoms with Gasteiger partial charge in [0.1, 0.15) is 11.3 Å². The molecular weight excluding hydrogens is 493 g/mol. The van der Waals surface area contributed by atoms with Crippen LogP contribution < -0.4 is 5.46 Å². The van der Waals surface area contributed by atoms with Crippen LogP contribution in [0.2, 0.25) is 0 Å². The minimum absolute atomic E-state index is 0.425. The first-order valence-electron chi connectivity index (χ1n) is 14.0. The van der Waals surface area contributed by atoms with Gasteiger partial charge in [0.05, 0.1) is 11.2 Å².